The van der Waals surface area contributed by atoms with E-state index in [1.54, 1.807) is 7.11 Å². The average molecular weight is 290 g/mol. The van der Waals surface area contributed by atoms with E-state index >= 15 is 0 Å². The molecule has 0 amide bonds. The molecule has 8 unspecified atom stereocenters. The van der Waals surface area contributed by atoms with Gasteiger partial charge in [-0.2, -0.15) is 0 Å². The molecule has 0 radical (unpaired) electrons. The first kappa shape index (κ1) is 13.9. The predicted octanol–water partition coefficient (Wildman–Crippen LogP) is 2.73. The van der Waals surface area contributed by atoms with Crippen LogP contribution in [0.25, 0.3) is 0 Å². The molecule has 4 aliphatic carbocycles. The van der Waals surface area contributed by atoms with Crippen LogP contribution in [0.3, 0.4) is 0 Å². The molecule has 0 heterocycles. The van der Waals surface area contributed by atoms with Gasteiger partial charge in [0, 0.05) is 18.4 Å². The van der Waals surface area contributed by atoms with Gasteiger partial charge in [-0.1, -0.05) is 6.92 Å². The monoisotopic (exact) mass is 290 g/mol. The second kappa shape index (κ2) is 4.65. The highest BCUT2D eigenvalue weighted by Gasteiger charge is 2.64. The lowest BCUT2D eigenvalue weighted by Gasteiger charge is -2.35. The van der Waals surface area contributed by atoms with Crippen LogP contribution in [-0.4, -0.2) is 25.8 Å². The number of ketones is 1. The van der Waals surface area contributed by atoms with Crippen molar-refractivity contribution in [3.63, 3.8) is 0 Å². The maximum atomic E-state index is 12.3. The van der Waals surface area contributed by atoms with Gasteiger partial charge < -0.3 is 9.53 Å². The fraction of sp³-hybridized carbons (Fsp3) is 0.889. The molecule has 3 heteroatoms. The average Bonchev–Trinajstić information content (AvgIpc) is 3.11. The summed E-state index contributed by atoms with van der Waals surface area (Å²) >= 11 is 0. The second-order valence-corrected chi connectivity index (χ2v) is 8.49. The van der Waals surface area contributed by atoms with Crippen molar-refractivity contribution in [3.8, 4) is 0 Å². The van der Waals surface area contributed by atoms with Crippen molar-refractivity contribution in [2.75, 3.05) is 13.7 Å². The van der Waals surface area contributed by atoms with Crippen LogP contribution in [0.4, 0.5) is 0 Å². The first-order valence-electron chi connectivity index (χ1n) is 8.54. The molecule has 4 saturated carbocycles. The molecule has 8 atom stereocenters. The van der Waals surface area contributed by atoms with Crippen LogP contribution in [-0.2, 0) is 14.3 Å². The lowest BCUT2D eigenvalue weighted by molar-refractivity contribution is -0.129. The Hall–Kier alpha value is -0.700. The molecule has 0 spiro atoms. The molecule has 116 valence electrons. The third kappa shape index (κ3) is 1.89. The quantitative estimate of drug-likeness (QED) is 0.590. The van der Waals surface area contributed by atoms with Crippen LogP contribution in [0.15, 0.2) is 0 Å². The van der Waals surface area contributed by atoms with E-state index in [1.165, 1.54) is 19.1 Å². The minimum absolute atomic E-state index is 0.0939. The molecule has 0 N–H and O–H groups in total. The van der Waals surface area contributed by atoms with Crippen LogP contribution in [0.1, 0.15) is 39.0 Å². The van der Waals surface area contributed by atoms with Crippen LogP contribution in [0, 0.1) is 46.8 Å². The standard InChI is InChI=1S/C18H26O3/c1-18(9-19)6-11-3-12(7-18)17-14-5-10(16(11)17)4-13(14)15(20)8-21-2/h9-14,16-17H,3-8H2,1-2H3. The van der Waals surface area contributed by atoms with Crippen LogP contribution >= 0.6 is 0 Å². The molecule has 0 aromatic carbocycles. The molecule has 4 aliphatic rings. The molecule has 0 aromatic heterocycles. The number of ether oxygens (including phenoxy) is 1. The van der Waals surface area contributed by atoms with Gasteiger partial charge in [-0.15, -0.1) is 0 Å². The Morgan fingerprint density at radius 2 is 1.86 bits per heavy atom. The molecule has 3 nitrogen and oxygen atoms in total. The van der Waals surface area contributed by atoms with Crippen molar-refractivity contribution < 1.29 is 14.3 Å². The maximum Gasteiger partial charge on any atom is 0.161 e. The number of fused-ring (bicyclic) bond motifs is 9. The number of hydrogen-bond donors (Lipinski definition) is 0. The van der Waals surface area contributed by atoms with E-state index < -0.39 is 0 Å². The lowest BCUT2D eigenvalue weighted by atomic mass is 9.68. The van der Waals surface area contributed by atoms with E-state index in [2.05, 4.69) is 6.92 Å². The molecular weight excluding hydrogens is 264 g/mol. The highest BCUT2D eigenvalue weighted by molar-refractivity contribution is 5.83. The van der Waals surface area contributed by atoms with Crippen molar-refractivity contribution >= 4 is 12.1 Å². The topological polar surface area (TPSA) is 43.4 Å². The Labute approximate surface area is 126 Å². The Morgan fingerprint density at radius 3 is 2.52 bits per heavy atom. The van der Waals surface area contributed by atoms with Crippen LogP contribution in [0.2, 0.25) is 0 Å². The number of aldehydes is 1. The zero-order chi connectivity index (χ0) is 14.8. The summed E-state index contributed by atoms with van der Waals surface area (Å²) < 4.78 is 5.08. The second-order valence-electron chi connectivity index (χ2n) is 8.49. The van der Waals surface area contributed by atoms with E-state index in [0.29, 0.717) is 17.6 Å². The summed E-state index contributed by atoms with van der Waals surface area (Å²) in [5.41, 5.74) is -0.0939. The fourth-order valence-corrected chi connectivity index (χ4v) is 6.95. The Kier molecular flexibility index (Phi) is 3.08. The van der Waals surface area contributed by atoms with E-state index in [0.717, 1.165) is 42.9 Å². The largest absolute Gasteiger partial charge is 0.377 e. The smallest absolute Gasteiger partial charge is 0.161 e. The number of carbonyl (C=O) groups is 2. The van der Waals surface area contributed by atoms with Crippen LogP contribution < -0.4 is 0 Å². The van der Waals surface area contributed by atoms with Crippen LogP contribution in [0.5, 0.6) is 0 Å². The van der Waals surface area contributed by atoms with Gasteiger partial charge in [0.05, 0.1) is 0 Å². The highest BCUT2D eigenvalue weighted by Crippen LogP contribution is 2.69. The summed E-state index contributed by atoms with van der Waals surface area (Å²) in [4.78, 5) is 23.8. The summed E-state index contributed by atoms with van der Waals surface area (Å²) in [6, 6.07) is 0. The summed E-state index contributed by atoms with van der Waals surface area (Å²) in [5, 5.41) is 0. The number of hydrogen-bond acceptors (Lipinski definition) is 3. The molecule has 0 aromatic rings. The Bertz CT molecular complexity index is 473. The van der Waals surface area contributed by atoms with Crippen molar-refractivity contribution in [1.29, 1.82) is 0 Å². The molecule has 21 heavy (non-hydrogen) atoms. The summed E-state index contributed by atoms with van der Waals surface area (Å²) in [7, 11) is 1.62. The predicted molar refractivity (Wildman–Crippen MR) is 78.6 cm³/mol. The number of carbonyl (C=O) groups excluding carboxylic acids is 2. The van der Waals surface area contributed by atoms with Gasteiger partial charge in [0.25, 0.3) is 0 Å². The van der Waals surface area contributed by atoms with Crippen molar-refractivity contribution in [3.05, 3.63) is 0 Å². The SMILES string of the molecule is COCC(=O)C1CC2CC1C1C3CC(CC(C)(C=O)C3)C21. The number of Topliss-reactive ketones (excluding diaryl/α,β-unsaturated/α-hetero) is 1. The molecule has 4 rings (SSSR count). The van der Waals surface area contributed by atoms with Gasteiger partial charge in [-0.05, 0) is 67.6 Å². The minimum atomic E-state index is -0.0939. The first-order chi connectivity index (χ1) is 10.1. The van der Waals surface area contributed by atoms with Gasteiger partial charge in [0.15, 0.2) is 5.78 Å². The van der Waals surface area contributed by atoms with Crippen molar-refractivity contribution in [2.45, 2.75) is 39.0 Å². The number of rotatable bonds is 4. The van der Waals surface area contributed by atoms with E-state index in [9.17, 15) is 9.59 Å². The molecule has 4 fully saturated rings. The van der Waals surface area contributed by atoms with E-state index in [1.807, 2.05) is 0 Å². The third-order valence-electron chi connectivity index (χ3n) is 7.27. The summed E-state index contributed by atoms with van der Waals surface area (Å²) in [5.74, 6) is 4.88. The molecule has 4 bridgehead atoms. The Balaban J connectivity index is 1.58. The maximum absolute atomic E-state index is 12.3. The summed E-state index contributed by atoms with van der Waals surface area (Å²) in [6.07, 6.45) is 7.03. The minimum Gasteiger partial charge on any atom is -0.377 e. The fourth-order valence-electron chi connectivity index (χ4n) is 6.95. The van der Waals surface area contributed by atoms with Gasteiger partial charge in [0.1, 0.15) is 12.9 Å². The third-order valence-corrected chi connectivity index (χ3v) is 7.27. The number of methoxy groups -OCH3 is 1. The zero-order valence-corrected chi connectivity index (χ0v) is 13.1. The molecule has 0 saturated heterocycles. The Morgan fingerprint density at radius 1 is 1.14 bits per heavy atom. The van der Waals surface area contributed by atoms with E-state index in [4.69, 9.17) is 4.74 Å². The molecule has 0 aliphatic heterocycles. The van der Waals surface area contributed by atoms with Crippen molar-refractivity contribution in [2.24, 2.45) is 46.8 Å². The summed E-state index contributed by atoms with van der Waals surface area (Å²) in [6.45, 7) is 2.43. The van der Waals surface area contributed by atoms with Crippen molar-refractivity contribution in [1.82, 2.24) is 0 Å². The van der Waals surface area contributed by atoms with Gasteiger partial charge in [-0.25, -0.2) is 0 Å². The molecular formula is C18H26O3. The zero-order valence-electron chi connectivity index (χ0n) is 13.1. The van der Waals surface area contributed by atoms with Gasteiger partial charge >= 0.3 is 0 Å². The van der Waals surface area contributed by atoms with E-state index in [-0.39, 0.29) is 17.9 Å². The van der Waals surface area contributed by atoms with Gasteiger partial charge in [-0.3, -0.25) is 4.79 Å². The lowest BCUT2D eigenvalue weighted by Crippen LogP contribution is -2.34. The first-order valence-corrected chi connectivity index (χ1v) is 8.54. The normalized spacial score (nSPS) is 53.7. The van der Waals surface area contributed by atoms with Gasteiger partial charge in [0.2, 0.25) is 0 Å². The highest BCUT2D eigenvalue weighted by atomic mass is 16.5.